The Morgan fingerprint density at radius 2 is 2.33 bits per heavy atom. The van der Waals surface area contributed by atoms with Crippen LogP contribution < -0.4 is 0 Å². The molecule has 32 valence electrons. The predicted octanol–water partition coefficient (Wildman–Crippen LogP) is 1.94. The van der Waals surface area contributed by atoms with Crippen molar-refractivity contribution in [3.05, 3.63) is 10.6 Å². The first-order valence-corrected chi connectivity index (χ1v) is 2.05. The van der Waals surface area contributed by atoms with Crippen LogP contribution in [0, 0.1) is 12.3 Å². The van der Waals surface area contributed by atoms with Crippen LogP contribution in [0.2, 0.25) is 0 Å². The highest BCUT2D eigenvalue weighted by Gasteiger charge is 1.72. The molecule has 0 saturated heterocycles. The van der Waals surface area contributed by atoms with Crippen molar-refractivity contribution in [1.29, 1.82) is 0 Å². The molecule has 6 heavy (non-hydrogen) atoms. The molecule has 0 unspecified atom stereocenters. The number of allylic oxidation sites excluding steroid dienone is 1. The van der Waals surface area contributed by atoms with Gasteiger partial charge in [0.15, 0.2) is 0 Å². The van der Waals surface area contributed by atoms with Gasteiger partial charge in [0.05, 0.1) is 0 Å². The summed E-state index contributed by atoms with van der Waals surface area (Å²) in [6, 6.07) is 0. The number of hydrogen-bond donors (Lipinski definition) is 0. The summed E-state index contributed by atoms with van der Waals surface area (Å²) in [6.07, 6.45) is 4.75. The average Bonchev–Trinajstić information content (AvgIpc) is 1.65. The van der Waals surface area contributed by atoms with Gasteiger partial charge in [-0.15, -0.1) is 6.42 Å². The SMILES string of the molecule is C#C/C(Cl)=C/Cl. The van der Waals surface area contributed by atoms with Crippen LogP contribution in [0.3, 0.4) is 0 Å². The van der Waals surface area contributed by atoms with E-state index in [4.69, 9.17) is 29.6 Å². The summed E-state index contributed by atoms with van der Waals surface area (Å²) in [7, 11) is 0. The predicted molar refractivity (Wildman–Crippen MR) is 28.6 cm³/mol. The number of halogens is 2. The van der Waals surface area contributed by atoms with Gasteiger partial charge in [-0.25, -0.2) is 0 Å². The van der Waals surface area contributed by atoms with Gasteiger partial charge in [0.25, 0.3) is 0 Å². The second-order valence-corrected chi connectivity index (χ2v) is 1.23. The second-order valence-electron chi connectivity index (χ2n) is 0.601. The highest BCUT2D eigenvalue weighted by Crippen LogP contribution is 1.97. The third-order valence-corrected chi connectivity index (χ3v) is 0.782. The van der Waals surface area contributed by atoms with Crippen LogP contribution in [0.1, 0.15) is 0 Å². The highest BCUT2D eigenvalue weighted by molar-refractivity contribution is 6.38. The molecular formula is C4H2Cl2. The van der Waals surface area contributed by atoms with E-state index >= 15 is 0 Å². The molecule has 0 aromatic carbocycles. The van der Waals surface area contributed by atoms with Gasteiger partial charge < -0.3 is 0 Å². The van der Waals surface area contributed by atoms with E-state index in [-0.39, 0.29) is 5.03 Å². The molecule has 0 atom stereocenters. The van der Waals surface area contributed by atoms with E-state index < -0.39 is 0 Å². The molecule has 0 nitrogen and oxygen atoms in total. The lowest BCUT2D eigenvalue weighted by molar-refractivity contribution is 2.15. The van der Waals surface area contributed by atoms with Crippen molar-refractivity contribution in [3.63, 3.8) is 0 Å². The van der Waals surface area contributed by atoms with E-state index in [0.717, 1.165) is 5.54 Å². The molecule has 0 aromatic heterocycles. The Morgan fingerprint density at radius 3 is 2.33 bits per heavy atom. The third-order valence-electron chi connectivity index (χ3n) is 0.234. The maximum absolute atomic E-state index is 5.14. The maximum Gasteiger partial charge on any atom is 0.101 e. The molecule has 2 heteroatoms. The van der Waals surface area contributed by atoms with E-state index in [2.05, 4.69) is 5.92 Å². The molecule has 0 bridgehead atoms. The maximum atomic E-state index is 5.14. The van der Waals surface area contributed by atoms with Gasteiger partial charge in [-0.05, 0) is 0 Å². The largest absolute Gasteiger partial charge is 0.114 e. The Balaban J connectivity index is 3.61. The summed E-state index contributed by atoms with van der Waals surface area (Å²) < 4.78 is 0. The highest BCUT2D eigenvalue weighted by atomic mass is 35.5. The Hall–Kier alpha value is -0.120. The van der Waals surface area contributed by atoms with Crippen LogP contribution in [-0.4, -0.2) is 0 Å². The standard InChI is InChI=1S/C4H2Cl2/c1-2-4(6)3-5/h1,3H/b4-3-. The lowest BCUT2D eigenvalue weighted by atomic mass is 10.7. The van der Waals surface area contributed by atoms with Crippen LogP contribution in [-0.2, 0) is 0 Å². The van der Waals surface area contributed by atoms with Crippen LogP contribution >= 0.6 is 23.2 Å². The number of hydrogen-bond acceptors (Lipinski definition) is 0. The molecule has 0 saturated carbocycles. The number of rotatable bonds is 0. The fourth-order valence-electron chi connectivity index (χ4n) is 0.0315. The van der Waals surface area contributed by atoms with Crippen molar-refractivity contribution in [3.8, 4) is 12.3 Å². The van der Waals surface area contributed by atoms with Crippen molar-refractivity contribution < 1.29 is 0 Å². The molecular weight excluding hydrogens is 119 g/mol. The number of terminal acetylenes is 1. The summed E-state index contributed by atoms with van der Waals surface area (Å²) in [6.45, 7) is 0. The zero-order valence-corrected chi connectivity index (χ0v) is 4.42. The van der Waals surface area contributed by atoms with Crippen LogP contribution in [0.15, 0.2) is 10.6 Å². The summed E-state index contributed by atoms with van der Waals surface area (Å²) in [4.78, 5) is 0. The zero-order valence-electron chi connectivity index (χ0n) is 2.91. The average molecular weight is 121 g/mol. The molecule has 0 spiro atoms. The van der Waals surface area contributed by atoms with Crippen molar-refractivity contribution in [1.82, 2.24) is 0 Å². The lowest BCUT2D eigenvalue weighted by Gasteiger charge is -1.68. The summed E-state index contributed by atoms with van der Waals surface area (Å²) in [5.74, 6) is 2.11. The Morgan fingerprint density at radius 1 is 1.83 bits per heavy atom. The summed E-state index contributed by atoms with van der Waals surface area (Å²) in [5, 5.41) is 0.233. The molecule has 0 amide bonds. The quantitative estimate of drug-likeness (QED) is 0.429. The molecule has 0 heterocycles. The van der Waals surface area contributed by atoms with E-state index in [1.165, 1.54) is 0 Å². The zero-order chi connectivity index (χ0) is 4.99. The van der Waals surface area contributed by atoms with Crippen LogP contribution in [0.5, 0.6) is 0 Å². The fraction of sp³-hybridized carbons (Fsp3) is 0. The van der Waals surface area contributed by atoms with Gasteiger partial charge in [-0.3, -0.25) is 0 Å². The Bertz CT molecular complexity index is 96.6. The minimum atomic E-state index is 0.233. The molecule has 0 aliphatic rings. The van der Waals surface area contributed by atoms with E-state index in [0.29, 0.717) is 0 Å². The minimum Gasteiger partial charge on any atom is -0.114 e. The van der Waals surface area contributed by atoms with Gasteiger partial charge in [0.1, 0.15) is 5.03 Å². The monoisotopic (exact) mass is 120 g/mol. The third kappa shape index (κ3) is 2.14. The molecule has 0 fully saturated rings. The molecule has 0 N–H and O–H groups in total. The smallest absolute Gasteiger partial charge is 0.101 e. The van der Waals surface area contributed by atoms with Crippen molar-refractivity contribution in [2.45, 2.75) is 0 Å². The van der Waals surface area contributed by atoms with Gasteiger partial charge in [0, 0.05) is 5.54 Å². The van der Waals surface area contributed by atoms with Crippen molar-refractivity contribution in [2.75, 3.05) is 0 Å². The molecule has 0 rings (SSSR count). The first kappa shape index (κ1) is 5.88. The lowest BCUT2D eigenvalue weighted by Crippen LogP contribution is -1.50. The normalized spacial score (nSPS) is 10.5. The van der Waals surface area contributed by atoms with Crippen molar-refractivity contribution in [2.24, 2.45) is 0 Å². The van der Waals surface area contributed by atoms with E-state index in [9.17, 15) is 0 Å². The van der Waals surface area contributed by atoms with Crippen LogP contribution in [0.4, 0.5) is 0 Å². The summed E-state index contributed by atoms with van der Waals surface area (Å²) in [5.41, 5.74) is 1.14. The first-order chi connectivity index (χ1) is 2.81. The molecule has 0 radical (unpaired) electrons. The Kier molecular flexibility index (Phi) is 3.02. The molecule has 0 aliphatic carbocycles. The second kappa shape index (κ2) is 3.08. The van der Waals surface area contributed by atoms with Gasteiger partial charge in [-0.1, -0.05) is 29.1 Å². The van der Waals surface area contributed by atoms with Crippen LogP contribution in [0.25, 0.3) is 0 Å². The fourth-order valence-corrected chi connectivity index (χ4v) is 0.0945. The van der Waals surface area contributed by atoms with Gasteiger partial charge in [0.2, 0.25) is 0 Å². The van der Waals surface area contributed by atoms with E-state index in [1.807, 2.05) is 0 Å². The summed E-state index contributed by atoms with van der Waals surface area (Å²) >= 11 is 10.2. The van der Waals surface area contributed by atoms with Gasteiger partial charge in [-0.2, -0.15) is 0 Å². The minimum absolute atomic E-state index is 0.233. The first-order valence-electron chi connectivity index (χ1n) is 1.23. The molecule has 0 aromatic rings. The van der Waals surface area contributed by atoms with Gasteiger partial charge >= 0.3 is 0 Å². The van der Waals surface area contributed by atoms with Crippen molar-refractivity contribution >= 4 is 23.2 Å². The Labute approximate surface area is 46.8 Å². The molecule has 0 aliphatic heterocycles. The van der Waals surface area contributed by atoms with E-state index in [1.54, 1.807) is 0 Å². The topological polar surface area (TPSA) is 0 Å².